The molecule has 0 radical (unpaired) electrons. The number of allylic oxidation sites excluding steroid dienone is 7. The topological polar surface area (TPSA) is 175 Å². The molecule has 89 heavy (non-hydrogen) atoms. The Hall–Kier alpha value is -2.38. The minimum atomic E-state index is -1.57. The van der Waals surface area contributed by atoms with Crippen LogP contribution >= 0.6 is 0 Å². The zero-order chi connectivity index (χ0) is 64.4. The number of unbranched alkanes of at least 4 members (excludes halogenated alkanes) is 48. The van der Waals surface area contributed by atoms with E-state index in [9.17, 15) is 35.1 Å². The number of nitrogens with one attached hydrogen (secondary N) is 1. The third kappa shape index (κ3) is 55.8. The van der Waals surface area contributed by atoms with Crippen molar-refractivity contribution in [3.05, 3.63) is 48.6 Å². The molecule has 0 aromatic carbocycles. The number of hydrogen-bond acceptors (Lipinski definition) is 10. The normalized spacial score (nSPS) is 17.9. The van der Waals surface area contributed by atoms with E-state index in [4.69, 9.17) is 14.2 Å². The molecule has 0 saturated carbocycles. The molecule has 6 N–H and O–H groups in total. The van der Waals surface area contributed by atoms with E-state index >= 15 is 0 Å². The molecule has 522 valence electrons. The zero-order valence-electron chi connectivity index (χ0n) is 58.2. The van der Waals surface area contributed by atoms with Crippen LogP contribution in [0.3, 0.4) is 0 Å². The maximum Gasteiger partial charge on any atom is 0.305 e. The van der Waals surface area contributed by atoms with Crippen LogP contribution in [-0.2, 0) is 23.8 Å². The molecule has 0 spiro atoms. The molecular formula is C78H145NO10. The van der Waals surface area contributed by atoms with Gasteiger partial charge in [0.05, 0.1) is 32.0 Å². The predicted octanol–water partition coefficient (Wildman–Crippen LogP) is 20.3. The lowest BCUT2D eigenvalue weighted by Gasteiger charge is -2.40. The number of hydrogen-bond donors (Lipinski definition) is 6. The van der Waals surface area contributed by atoms with Gasteiger partial charge in [0.1, 0.15) is 24.4 Å². The van der Waals surface area contributed by atoms with Gasteiger partial charge in [0.15, 0.2) is 6.29 Å². The smallest absolute Gasteiger partial charge is 0.305 e. The highest BCUT2D eigenvalue weighted by molar-refractivity contribution is 5.76. The minimum Gasteiger partial charge on any atom is -0.466 e. The summed E-state index contributed by atoms with van der Waals surface area (Å²) in [5, 5.41) is 54.4. The first kappa shape index (κ1) is 84.6. The van der Waals surface area contributed by atoms with Gasteiger partial charge in [0.25, 0.3) is 0 Å². The van der Waals surface area contributed by atoms with Crippen molar-refractivity contribution >= 4 is 11.9 Å². The molecule has 1 fully saturated rings. The first-order chi connectivity index (χ1) is 43.7. The minimum absolute atomic E-state index is 0.0144. The van der Waals surface area contributed by atoms with Gasteiger partial charge in [-0.2, -0.15) is 0 Å². The molecule has 11 nitrogen and oxygen atoms in total. The number of esters is 1. The van der Waals surface area contributed by atoms with Gasteiger partial charge in [0, 0.05) is 12.8 Å². The van der Waals surface area contributed by atoms with Gasteiger partial charge in [-0.15, -0.1) is 0 Å². The number of rotatable bonds is 68. The number of amides is 1. The molecule has 1 aliphatic rings. The summed E-state index contributed by atoms with van der Waals surface area (Å²) in [7, 11) is 0. The van der Waals surface area contributed by atoms with Crippen LogP contribution in [0.1, 0.15) is 373 Å². The maximum atomic E-state index is 13.0. The molecule has 1 heterocycles. The van der Waals surface area contributed by atoms with E-state index in [1.165, 1.54) is 289 Å². The molecule has 1 amide bonds. The van der Waals surface area contributed by atoms with Crippen molar-refractivity contribution < 1.29 is 49.3 Å². The van der Waals surface area contributed by atoms with Crippen molar-refractivity contribution in [1.82, 2.24) is 5.32 Å². The van der Waals surface area contributed by atoms with Crippen molar-refractivity contribution in [2.24, 2.45) is 0 Å². The molecule has 7 atom stereocenters. The van der Waals surface area contributed by atoms with Crippen LogP contribution in [0.5, 0.6) is 0 Å². The molecule has 0 bridgehead atoms. The fourth-order valence-electron chi connectivity index (χ4n) is 12.1. The van der Waals surface area contributed by atoms with Crippen LogP contribution in [0.25, 0.3) is 0 Å². The Morgan fingerprint density at radius 2 is 0.764 bits per heavy atom. The molecular weight excluding hydrogens is 1110 g/mol. The largest absolute Gasteiger partial charge is 0.466 e. The second-order valence-electron chi connectivity index (χ2n) is 26.7. The highest BCUT2D eigenvalue weighted by Gasteiger charge is 2.44. The second kappa shape index (κ2) is 67.1. The summed E-state index contributed by atoms with van der Waals surface area (Å²) < 4.78 is 16.7. The Balaban J connectivity index is 1.91. The number of carbonyl (C=O) groups is 2. The Kier molecular flexibility index (Phi) is 63.8. The summed E-state index contributed by atoms with van der Waals surface area (Å²) in [4.78, 5) is 25.1. The van der Waals surface area contributed by atoms with Gasteiger partial charge >= 0.3 is 5.97 Å². The van der Waals surface area contributed by atoms with Crippen LogP contribution in [-0.4, -0.2) is 100 Å². The zero-order valence-corrected chi connectivity index (χ0v) is 58.2. The van der Waals surface area contributed by atoms with Crippen molar-refractivity contribution in [2.75, 3.05) is 19.8 Å². The van der Waals surface area contributed by atoms with E-state index in [1.807, 2.05) is 6.08 Å². The Morgan fingerprint density at radius 3 is 1.18 bits per heavy atom. The fraction of sp³-hybridized carbons (Fsp3) is 0.872. The maximum absolute atomic E-state index is 13.0. The number of aliphatic hydroxyl groups excluding tert-OH is 5. The molecule has 0 aliphatic carbocycles. The van der Waals surface area contributed by atoms with E-state index < -0.39 is 49.5 Å². The first-order valence-corrected chi connectivity index (χ1v) is 38.4. The molecule has 1 saturated heterocycles. The molecule has 0 aromatic rings. The second-order valence-corrected chi connectivity index (χ2v) is 26.7. The van der Waals surface area contributed by atoms with Gasteiger partial charge in [-0.3, -0.25) is 9.59 Å². The summed E-state index contributed by atoms with van der Waals surface area (Å²) in [6, 6.07) is -0.825. The lowest BCUT2D eigenvalue weighted by molar-refractivity contribution is -0.302. The quantitative estimate of drug-likeness (QED) is 0.0195. The van der Waals surface area contributed by atoms with Crippen molar-refractivity contribution in [2.45, 2.75) is 416 Å². The van der Waals surface area contributed by atoms with Crippen molar-refractivity contribution in [3.8, 4) is 0 Å². The number of carbonyl (C=O) groups excluding carboxylic acids is 2. The van der Waals surface area contributed by atoms with Gasteiger partial charge in [-0.05, 0) is 77.0 Å². The van der Waals surface area contributed by atoms with E-state index in [1.54, 1.807) is 6.08 Å². The monoisotopic (exact) mass is 1260 g/mol. The summed E-state index contributed by atoms with van der Waals surface area (Å²) in [5.41, 5.74) is 0. The lowest BCUT2D eigenvalue weighted by atomic mass is 9.99. The van der Waals surface area contributed by atoms with Crippen molar-refractivity contribution in [3.63, 3.8) is 0 Å². The van der Waals surface area contributed by atoms with E-state index in [2.05, 4.69) is 55.6 Å². The molecule has 1 aliphatic heterocycles. The third-order valence-electron chi connectivity index (χ3n) is 18.2. The average Bonchev–Trinajstić information content (AvgIpc) is 2.32. The van der Waals surface area contributed by atoms with E-state index in [-0.39, 0.29) is 18.5 Å². The van der Waals surface area contributed by atoms with Gasteiger partial charge < -0.3 is 45.1 Å². The SMILES string of the molecule is CCCCCCC/C=C/CC/C=C/C(O)C(COC1OC(CO)C(O)C(O)C1O)NC(=O)CCCCCCCCCCCCCCCCCCC/C=C\C/C=C\CCCCCCCCCCCCCCCCCOC(=O)CCCCCCCCCCCCC. The Labute approximate surface area is 548 Å². The molecule has 11 heteroatoms. The lowest BCUT2D eigenvalue weighted by Crippen LogP contribution is -2.60. The fourth-order valence-corrected chi connectivity index (χ4v) is 12.1. The number of ether oxygens (including phenoxy) is 3. The number of aliphatic hydroxyl groups is 5. The molecule has 0 aromatic heterocycles. The predicted molar refractivity (Wildman–Crippen MR) is 375 cm³/mol. The van der Waals surface area contributed by atoms with Crippen molar-refractivity contribution in [1.29, 1.82) is 0 Å². The summed E-state index contributed by atoms with van der Waals surface area (Å²) >= 11 is 0. The highest BCUT2D eigenvalue weighted by Crippen LogP contribution is 2.23. The summed E-state index contributed by atoms with van der Waals surface area (Å²) in [6.45, 7) is 4.34. The van der Waals surface area contributed by atoms with Gasteiger partial charge in [-0.1, -0.05) is 332 Å². The molecule has 7 unspecified atom stereocenters. The third-order valence-corrected chi connectivity index (χ3v) is 18.2. The van der Waals surface area contributed by atoms with E-state index in [0.29, 0.717) is 19.4 Å². The van der Waals surface area contributed by atoms with Gasteiger partial charge in [0.2, 0.25) is 5.91 Å². The van der Waals surface area contributed by atoms with Crippen LogP contribution in [0, 0.1) is 0 Å². The summed E-state index contributed by atoms with van der Waals surface area (Å²) in [5.74, 6) is -0.174. The Morgan fingerprint density at radius 1 is 0.416 bits per heavy atom. The highest BCUT2D eigenvalue weighted by atomic mass is 16.7. The molecule has 1 rings (SSSR count). The summed E-state index contributed by atoms with van der Waals surface area (Å²) in [6.07, 6.45) is 78.6. The van der Waals surface area contributed by atoms with Gasteiger partial charge in [-0.25, -0.2) is 0 Å². The van der Waals surface area contributed by atoms with Crippen LogP contribution in [0.15, 0.2) is 48.6 Å². The standard InChI is InChI=1S/C78H145NO10/c1-3-5-7-9-11-13-44-48-52-56-60-64-71(81)70(69-88-78-77(86)76(85)75(84)72(68-80)89-78)79-73(82)65-61-57-53-49-46-42-40-38-36-34-32-30-28-26-24-22-20-18-16-15-17-19-21-23-25-27-29-31-33-35-37-39-41-43-47-51-55-59-63-67-87-74(83)66-62-58-54-50-45-14-12-10-8-6-4-2/h15-16,19,21,44,48,60,64,70-72,75-78,80-81,84-86H,3-14,17-18,20,22-43,45-47,49-59,61-63,65-69H2,1-2H3,(H,79,82)/b16-15-,21-19-,48-44+,64-60+. The van der Waals surface area contributed by atoms with Crippen LogP contribution in [0.4, 0.5) is 0 Å². The average molecular weight is 1260 g/mol. The van der Waals surface area contributed by atoms with E-state index in [0.717, 1.165) is 57.8 Å². The van der Waals surface area contributed by atoms with Crippen LogP contribution in [0.2, 0.25) is 0 Å². The van der Waals surface area contributed by atoms with Crippen LogP contribution < -0.4 is 5.32 Å². The Bertz CT molecular complexity index is 1620. The first-order valence-electron chi connectivity index (χ1n) is 38.4.